The third-order valence-corrected chi connectivity index (χ3v) is 3.15. The molecule has 4 nitrogen and oxygen atoms in total. The van der Waals surface area contributed by atoms with E-state index in [0.717, 1.165) is 10.1 Å². The number of halogens is 1. The van der Waals surface area contributed by atoms with Crippen LogP contribution in [0.4, 0.5) is 0 Å². The van der Waals surface area contributed by atoms with Gasteiger partial charge >= 0.3 is 0 Å². The molecular formula is C12H8BrN3O. The minimum absolute atomic E-state index is 0.196. The predicted molar refractivity (Wildman–Crippen MR) is 67.8 cm³/mol. The van der Waals surface area contributed by atoms with Gasteiger partial charge in [0.1, 0.15) is 5.75 Å². The first-order valence-electron chi connectivity index (χ1n) is 5.05. The third-order valence-electron chi connectivity index (χ3n) is 2.53. The zero-order valence-electron chi connectivity index (χ0n) is 8.71. The fraction of sp³-hybridized carbons (Fsp3) is 0. The Kier molecular flexibility index (Phi) is 2.33. The van der Waals surface area contributed by atoms with Gasteiger partial charge in [0.05, 0.1) is 10.0 Å². The molecule has 0 saturated carbocycles. The van der Waals surface area contributed by atoms with Crippen LogP contribution in [0.2, 0.25) is 0 Å². The summed E-state index contributed by atoms with van der Waals surface area (Å²) in [5, 5.41) is 18.0. The summed E-state index contributed by atoms with van der Waals surface area (Å²) in [5.41, 5.74) is 1.39. The van der Waals surface area contributed by atoms with Gasteiger partial charge in [0.25, 0.3) is 0 Å². The van der Waals surface area contributed by atoms with E-state index in [-0.39, 0.29) is 5.75 Å². The van der Waals surface area contributed by atoms with Crippen molar-refractivity contribution >= 4 is 21.6 Å². The Bertz CT molecular complexity index is 693. The summed E-state index contributed by atoms with van der Waals surface area (Å²) in [6.45, 7) is 0. The lowest BCUT2D eigenvalue weighted by molar-refractivity contribution is 0.477. The van der Waals surface area contributed by atoms with Crippen LogP contribution in [0, 0.1) is 0 Å². The molecule has 84 valence electrons. The van der Waals surface area contributed by atoms with E-state index >= 15 is 0 Å². The molecule has 0 aliphatic rings. The van der Waals surface area contributed by atoms with Gasteiger partial charge in [-0.2, -0.15) is 0 Å². The summed E-state index contributed by atoms with van der Waals surface area (Å²) in [6.07, 6.45) is 1.86. The molecule has 2 heterocycles. The quantitative estimate of drug-likeness (QED) is 0.749. The zero-order chi connectivity index (χ0) is 11.8. The minimum Gasteiger partial charge on any atom is -0.507 e. The lowest BCUT2D eigenvalue weighted by atomic mass is 10.2. The number of aromatic nitrogens is 3. The van der Waals surface area contributed by atoms with Crippen LogP contribution < -0.4 is 0 Å². The molecule has 1 aromatic carbocycles. The number of benzene rings is 1. The molecule has 0 saturated heterocycles. The number of pyridine rings is 1. The number of hydrogen-bond donors (Lipinski definition) is 1. The van der Waals surface area contributed by atoms with Gasteiger partial charge in [0.15, 0.2) is 11.5 Å². The van der Waals surface area contributed by atoms with Crippen LogP contribution in [0.25, 0.3) is 17.0 Å². The topological polar surface area (TPSA) is 50.4 Å². The van der Waals surface area contributed by atoms with Gasteiger partial charge in [-0.1, -0.05) is 12.1 Å². The van der Waals surface area contributed by atoms with Crippen molar-refractivity contribution in [3.05, 3.63) is 47.1 Å². The number of nitrogens with zero attached hydrogens (tertiary/aromatic N) is 3. The Balaban J connectivity index is 2.33. The molecule has 0 unspecified atom stereocenters. The van der Waals surface area contributed by atoms with Gasteiger partial charge in [-0.15, -0.1) is 10.2 Å². The Hall–Kier alpha value is -1.88. The highest BCUT2D eigenvalue weighted by molar-refractivity contribution is 9.10. The molecule has 5 heteroatoms. The van der Waals surface area contributed by atoms with Crippen molar-refractivity contribution < 1.29 is 5.11 Å². The van der Waals surface area contributed by atoms with Crippen molar-refractivity contribution in [1.82, 2.24) is 14.6 Å². The average molecular weight is 290 g/mol. The van der Waals surface area contributed by atoms with Crippen LogP contribution in [0.1, 0.15) is 0 Å². The number of phenols is 1. The Morgan fingerprint density at radius 2 is 1.88 bits per heavy atom. The number of para-hydroxylation sites is 1. The van der Waals surface area contributed by atoms with Crippen LogP contribution in [0.15, 0.2) is 47.1 Å². The highest BCUT2D eigenvalue weighted by Crippen LogP contribution is 2.28. The van der Waals surface area contributed by atoms with Gasteiger partial charge in [0, 0.05) is 6.20 Å². The number of rotatable bonds is 1. The molecule has 17 heavy (non-hydrogen) atoms. The highest BCUT2D eigenvalue weighted by Gasteiger charge is 2.12. The minimum atomic E-state index is 0.196. The van der Waals surface area contributed by atoms with Crippen molar-refractivity contribution in [2.24, 2.45) is 0 Å². The first-order valence-corrected chi connectivity index (χ1v) is 5.84. The molecule has 0 atom stereocenters. The van der Waals surface area contributed by atoms with E-state index in [1.54, 1.807) is 12.1 Å². The van der Waals surface area contributed by atoms with E-state index in [4.69, 9.17) is 0 Å². The van der Waals surface area contributed by atoms with Crippen molar-refractivity contribution in [3.8, 4) is 17.1 Å². The monoisotopic (exact) mass is 289 g/mol. The molecule has 0 aliphatic heterocycles. The summed E-state index contributed by atoms with van der Waals surface area (Å²) in [4.78, 5) is 0. The van der Waals surface area contributed by atoms with Crippen LogP contribution in [-0.2, 0) is 0 Å². The lowest BCUT2D eigenvalue weighted by Gasteiger charge is -2.02. The standard InChI is InChI=1S/C12H8BrN3O/c13-9-5-3-7-16-11(14-15-12(9)16)8-4-1-2-6-10(8)17/h1-7,17H. The molecule has 3 aromatic rings. The third kappa shape index (κ3) is 1.59. The summed E-state index contributed by atoms with van der Waals surface area (Å²) in [6, 6.07) is 10.9. The second-order valence-corrected chi connectivity index (χ2v) is 4.44. The van der Waals surface area contributed by atoms with E-state index in [1.165, 1.54) is 0 Å². The largest absolute Gasteiger partial charge is 0.507 e. The van der Waals surface area contributed by atoms with E-state index in [0.29, 0.717) is 11.4 Å². The zero-order valence-corrected chi connectivity index (χ0v) is 10.3. The number of phenolic OH excluding ortho intramolecular Hbond substituents is 1. The first kappa shape index (κ1) is 10.3. The van der Waals surface area contributed by atoms with E-state index in [2.05, 4.69) is 26.1 Å². The van der Waals surface area contributed by atoms with Gasteiger partial charge in [0.2, 0.25) is 0 Å². The van der Waals surface area contributed by atoms with Crippen LogP contribution >= 0.6 is 15.9 Å². The number of fused-ring (bicyclic) bond motifs is 1. The van der Waals surface area contributed by atoms with Crippen molar-refractivity contribution in [1.29, 1.82) is 0 Å². The maximum Gasteiger partial charge on any atom is 0.175 e. The number of aromatic hydroxyl groups is 1. The van der Waals surface area contributed by atoms with Crippen molar-refractivity contribution in [2.45, 2.75) is 0 Å². The van der Waals surface area contributed by atoms with Crippen LogP contribution in [0.3, 0.4) is 0 Å². The number of hydrogen-bond acceptors (Lipinski definition) is 3. The van der Waals surface area contributed by atoms with Crippen LogP contribution in [-0.4, -0.2) is 19.7 Å². The Morgan fingerprint density at radius 1 is 1.06 bits per heavy atom. The van der Waals surface area contributed by atoms with Crippen molar-refractivity contribution in [2.75, 3.05) is 0 Å². The maximum absolute atomic E-state index is 9.82. The fourth-order valence-corrected chi connectivity index (χ4v) is 2.15. The van der Waals surface area contributed by atoms with Gasteiger partial charge in [-0.05, 0) is 40.2 Å². The molecule has 0 radical (unpaired) electrons. The molecule has 0 aliphatic carbocycles. The molecule has 1 N–H and O–H groups in total. The van der Waals surface area contributed by atoms with Crippen molar-refractivity contribution in [3.63, 3.8) is 0 Å². The smallest absolute Gasteiger partial charge is 0.175 e. The molecule has 0 amide bonds. The maximum atomic E-state index is 9.82. The second kappa shape index (κ2) is 3.85. The summed E-state index contributed by atoms with van der Waals surface area (Å²) >= 11 is 3.42. The van der Waals surface area contributed by atoms with Gasteiger partial charge in [-0.3, -0.25) is 4.40 Å². The molecule has 0 fully saturated rings. The first-order chi connectivity index (χ1) is 8.27. The lowest BCUT2D eigenvalue weighted by Crippen LogP contribution is -1.89. The molecule has 0 spiro atoms. The van der Waals surface area contributed by atoms with Crippen LogP contribution in [0.5, 0.6) is 5.75 Å². The molecule has 3 rings (SSSR count). The molecular weight excluding hydrogens is 282 g/mol. The van der Waals surface area contributed by atoms with E-state index in [9.17, 15) is 5.11 Å². The van der Waals surface area contributed by atoms with E-state index in [1.807, 2.05) is 34.9 Å². The van der Waals surface area contributed by atoms with E-state index < -0.39 is 0 Å². The Morgan fingerprint density at radius 3 is 2.71 bits per heavy atom. The van der Waals surface area contributed by atoms with Gasteiger partial charge in [-0.25, -0.2) is 0 Å². The summed E-state index contributed by atoms with van der Waals surface area (Å²) in [7, 11) is 0. The molecule has 2 aromatic heterocycles. The highest BCUT2D eigenvalue weighted by atomic mass is 79.9. The fourth-order valence-electron chi connectivity index (χ4n) is 1.73. The summed E-state index contributed by atoms with van der Waals surface area (Å²) in [5.74, 6) is 0.821. The second-order valence-electron chi connectivity index (χ2n) is 3.59. The normalized spacial score (nSPS) is 10.9. The molecule has 0 bridgehead atoms. The summed E-state index contributed by atoms with van der Waals surface area (Å²) < 4.78 is 2.70. The average Bonchev–Trinajstić information content (AvgIpc) is 2.75. The Labute approximate surface area is 106 Å². The SMILES string of the molecule is Oc1ccccc1-c1nnc2c(Br)cccn12. The predicted octanol–water partition coefficient (Wildman–Crippen LogP) is 2.86. The van der Waals surface area contributed by atoms with Gasteiger partial charge < -0.3 is 5.11 Å².